The molecular weight excluding hydrogens is 258 g/mol. The summed E-state index contributed by atoms with van der Waals surface area (Å²) in [5.41, 5.74) is 4.04. The number of rotatable bonds is 3. The van der Waals surface area contributed by atoms with Gasteiger partial charge in [0.15, 0.2) is 0 Å². The van der Waals surface area contributed by atoms with Gasteiger partial charge >= 0.3 is 0 Å². The van der Waals surface area contributed by atoms with Gasteiger partial charge in [-0.3, -0.25) is 0 Å². The summed E-state index contributed by atoms with van der Waals surface area (Å²) >= 11 is 0. The molecule has 0 aliphatic carbocycles. The van der Waals surface area contributed by atoms with Gasteiger partial charge in [-0.2, -0.15) is 10.5 Å². The molecule has 0 amide bonds. The van der Waals surface area contributed by atoms with E-state index in [1.807, 2.05) is 12.1 Å². The van der Waals surface area contributed by atoms with Gasteiger partial charge in [0.05, 0.1) is 0 Å². The Morgan fingerprint density at radius 2 is 1.86 bits per heavy atom. The van der Waals surface area contributed by atoms with Crippen LogP contribution in [0.15, 0.2) is 47.7 Å². The third-order valence-corrected chi connectivity index (χ3v) is 4.03. The van der Waals surface area contributed by atoms with Crippen LogP contribution in [-0.2, 0) is 5.41 Å². The highest BCUT2D eigenvalue weighted by atomic mass is 15.2. The van der Waals surface area contributed by atoms with Crippen LogP contribution in [0, 0.1) is 22.7 Å². The molecule has 0 radical (unpaired) electrons. The maximum absolute atomic E-state index is 8.72. The Morgan fingerprint density at radius 3 is 2.48 bits per heavy atom. The minimum Gasteiger partial charge on any atom is -0.347 e. The van der Waals surface area contributed by atoms with E-state index in [1.165, 1.54) is 16.9 Å². The minimum absolute atomic E-state index is 0.0116. The lowest BCUT2D eigenvalue weighted by Crippen LogP contribution is -2.22. The van der Waals surface area contributed by atoms with Gasteiger partial charge in [0, 0.05) is 23.8 Å². The lowest BCUT2D eigenvalue weighted by molar-refractivity contribution is 0.635. The first-order valence-electron chi connectivity index (χ1n) is 7.06. The van der Waals surface area contributed by atoms with E-state index in [4.69, 9.17) is 10.5 Å². The Bertz CT molecular complexity index is 665. The smallest absolute Gasteiger partial charge is 0.125 e. The van der Waals surface area contributed by atoms with Gasteiger partial charge in [-0.05, 0) is 24.5 Å². The Labute approximate surface area is 126 Å². The summed E-state index contributed by atoms with van der Waals surface area (Å²) in [4.78, 5) is 2.23. The van der Waals surface area contributed by atoms with Crippen LogP contribution in [0.4, 0.5) is 5.69 Å². The van der Waals surface area contributed by atoms with E-state index in [9.17, 15) is 0 Å². The van der Waals surface area contributed by atoms with Crippen LogP contribution in [-0.4, -0.2) is 7.05 Å². The number of para-hydroxylation sites is 1. The van der Waals surface area contributed by atoms with Crippen LogP contribution < -0.4 is 4.90 Å². The number of allylic oxidation sites excluding steroid dienone is 4. The van der Waals surface area contributed by atoms with E-state index in [-0.39, 0.29) is 11.0 Å². The van der Waals surface area contributed by atoms with Crippen LogP contribution in [0.1, 0.15) is 32.3 Å². The Morgan fingerprint density at radius 1 is 1.19 bits per heavy atom. The van der Waals surface area contributed by atoms with Crippen molar-refractivity contribution in [3.05, 3.63) is 53.3 Å². The van der Waals surface area contributed by atoms with Crippen LogP contribution in [0.2, 0.25) is 0 Å². The summed E-state index contributed by atoms with van der Waals surface area (Å²) < 4.78 is 0. The van der Waals surface area contributed by atoms with Crippen LogP contribution in [0.5, 0.6) is 0 Å². The second-order valence-electron chi connectivity index (χ2n) is 5.71. The van der Waals surface area contributed by atoms with E-state index in [0.29, 0.717) is 6.42 Å². The highest BCUT2D eigenvalue weighted by Crippen LogP contribution is 2.46. The predicted octanol–water partition coefficient (Wildman–Crippen LogP) is 4.05. The average Bonchev–Trinajstić information content (AvgIpc) is 2.68. The van der Waals surface area contributed by atoms with Crippen molar-refractivity contribution in [2.24, 2.45) is 0 Å². The zero-order valence-electron chi connectivity index (χ0n) is 12.7. The number of benzene rings is 1. The number of nitrogens with zero attached hydrogens (tertiary/aromatic N) is 3. The van der Waals surface area contributed by atoms with E-state index >= 15 is 0 Å². The van der Waals surface area contributed by atoms with Crippen molar-refractivity contribution in [3.63, 3.8) is 0 Å². The van der Waals surface area contributed by atoms with E-state index in [2.05, 4.69) is 56.1 Å². The normalized spacial score (nSPS) is 17.0. The van der Waals surface area contributed by atoms with E-state index in [1.54, 1.807) is 6.08 Å². The van der Waals surface area contributed by atoms with Gasteiger partial charge < -0.3 is 4.90 Å². The van der Waals surface area contributed by atoms with Gasteiger partial charge in [-0.25, -0.2) is 0 Å². The summed E-state index contributed by atoms with van der Waals surface area (Å²) in [6.45, 7) is 4.46. The molecular formula is C18H19N3. The topological polar surface area (TPSA) is 50.8 Å². The van der Waals surface area contributed by atoms with Crippen molar-refractivity contribution >= 4 is 5.69 Å². The molecule has 0 bridgehead atoms. The summed E-state index contributed by atoms with van der Waals surface area (Å²) in [5, 5.41) is 17.4. The van der Waals surface area contributed by atoms with Crippen molar-refractivity contribution in [1.82, 2.24) is 0 Å². The number of nitriles is 2. The molecule has 3 nitrogen and oxygen atoms in total. The highest BCUT2D eigenvalue weighted by molar-refractivity contribution is 5.69. The van der Waals surface area contributed by atoms with Crippen molar-refractivity contribution in [3.8, 4) is 12.1 Å². The molecule has 1 aromatic rings. The monoisotopic (exact) mass is 277 g/mol. The average molecular weight is 277 g/mol. The van der Waals surface area contributed by atoms with Crippen LogP contribution >= 0.6 is 0 Å². The molecule has 106 valence electrons. The first kappa shape index (κ1) is 14.9. The first-order valence-corrected chi connectivity index (χ1v) is 7.06. The number of likely N-dealkylation sites (N-methyl/N-ethyl adjacent to an activating group) is 1. The predicted molar refractivity (Wildman–Crippen MR) is 84.5 cm³/mol. The van der Waals surface area contributed by atoms with Crippen molar-refractivity contribution < 1.29 is 0 Å². The third kappa shape index (κ3) is 2.69. The fourth-order valence-corrected chi connectivity index (χ4v) is 2.94. The van der Waals surface area contributed by atoms with Gasteiger partial charge in [-0.1, -0.05) is 44.2 Å². The SMILES string of the molecule is CN1/C(=C\CCC=C(C#N)C#N)C(C)(C)c2ccccc21. The molecule has 3 heteroatoms. The molecule has 0 aromatic heterocycles. The number of hydrogen-bond donors (Lipinski definition) is 0. The van der Waals surface area contributed by atoms with Crippen LogP contribution in [0.25, 0.3) is 0 Å². The zero-order chi connectivity index (χ0) is 15.5. The van der Waals surface area contributed by atoms with Crippen molar-refractivity contribution in [2.75, 3.05) is 11.9 Å². The molecule has 0 fully saturated rings. The molecule has 0 unspecified atom stereocenters. The van der Waals surface area contributed by atoms with E-state index in [0.717, 1.165) is 6.42 Å². The van der Waals surface area contributed by atoms with E-state index < -0.39 is 0 Å². The maximum Gasteiger partial charge on any atom is 0.125 e. The Balaban J connectivity index is 2.19. The standard InChI is InChI=1S/C18H19N3/c1-18(2)15-9-5-6-10-16(15)21(3)17(18)11-7-4-8-14(12-19)13-20/h5-6,8-11H,4,7H2,1-3H3/b17-11-. The second-order valence-corrected chi connectivity index (χ2v) is 5.71. The minimum atomic E-state index is -0.0116. The quantitative estimate of drug-likeness (QED) is 0.618. The fraction of sp³-hybridized carbons (Fsp3) is 0.333. The maximum atomic E-state index is 8.72. The Kier molecular flexibility index (Phi) is 4.15. The highest BCUT2D eigenvalue weighted by Gasteiger charge is 2.37. The molecule has 1 heterocycles. The molecule has 0 saturated heterocycles. The molecule has 2 rings (SSSR count). The molecule has 0 N–H and O–H groups in total. The summed E-state index contributed by atoms with van der Waals surface area (Å²) in [6, 6.07) is 12.2. The number of anilines is 1. The fourth-order valence-electron chi connectivity index (χ4n) is 2.94. The van der Waals surface area contributed by atoms with Gasteiger partial charge in [-0.15, -0.1) is 0 Å². The molecule has 1 aromatic carbocycles. The molecule has 0 spiro atoms. The number of unbranched alkanes of at least 4 members (excludes halogenated alkanes) is 1. The lowest BCUT2D eigenvalue weighted by Gasteiger charge is -2.24. The van der Waals surface area contributed by atoms with Crippen LogP contribution in [0.3, 0.4) is 0 Å². The zero-order valence-corrected chi connectivity index (χ0v) is 12.7. The Hall–Kier alpha value is -2.52. The van der Waals surface area contributed by atoms with Gasteiger partial charge in [0.25, 0.3) is 0 Å². The van der Waals surface area contributed by atoms with Gasteiger partial charge in [0.2, 0.25) is 0 Å². The van der Waals surface area contributed by atoms with Crippen molar-refractivity contribution in [2.45, 2.75) is 32.1 Å². The molecule has 1 aliphatic heterocycles. The summed E-state index contributed by atoms with van der Waals surface area (Å²) in [7, 11) is 2.09. The largest absolute Gasteiger partial charge is 0.347 e. The number of hydrogen-bond acceptors (Lipinski definition) is 3. The molecule has 0 saturated carbocycles. The lowest BCUT2D eigenvalue weighted by atomic mass is 9.83. The molecule has 1 aliphatic rings. The molecule has 21 heavy (non-hydrogen) atoms. The summed E-state index contributed by atoms with van der Waals surface area (Å²) in [5.74, 6) is 0. The van der Waals surface area contributed by atoms with Gasteiger partial charge in [0.1, 0.15) is 17.7 Å². The second kappa shape index (κ2) is 5.85. The molecule has 0 atom stereocenters. The third-order valence-electron chi connectivity index (χ3n) is 4.03. The first-order chi connectivity index (χ1) is 10.0. The number of fused-ring (bicyclic) bond motifs is 1. The summed E-state index contributed by atoms with van der Waals surface area (Å²) in [6.07, 6.45) is 5.44. The van der Waals surface area contributed by atoms with Crippen molar-refractivity contribution in [1.29, 1.82) is 10.5 Å².